The number of carbonyl (C=O) groups is 5. The molecule has 5 heterocycles. The number of aliphatic hydroxyl groups excluding tert-OH is 7. The van der Waals surface area contributed by atoms with E-state index in [0.717, 1.165) is 18.4 Å². The predicted octanol–water partition coefficient (Wildman–Crippen LogP) is 12.4. The van der Waals surface area contributed by atoms with Crippen LogP contribution in [0.25, 0.3) is 0 Å². The second-order valence-corrected chi connectivity index (χ2v) is 46.6. The largest absolute Gasteiger partial charge is 0.456 e. The van der Waals surface area contributed by atoms with Crippen molar-refractivity contribution in [2.75, 3.05) is 19.8 Å². The molecule has 0 bridgehead atoms. The Hall–Kier alpha value is -5.52. The molecule has 5 aliphatic heterocycles. The minimum absolute atomic E-state index is 0. The summed E-state index contributed by atoms with van der Waals surface area (Å²) in [4.78, 5) is 59.5. The van der Waals surface area contributed by atoms with E-state index in [-0.39, 0.29) is 101 Å². The number of aliphatic hydroxyl groups is 7. The van der Waals surface area contributed by atoms with Gasteiger partial charge in [0.25, 0.3) is 0 Å². The summed E-state index contributed by atoms with van der Waals surface area (Å²) in [6.45, 7) is 47.8. The van der Waals surface area contributed by atoms with Crippen LogP contribution < -0.4 is 0 Å². The van der Waals surface area contributed by atoms with Crippen molar-refractivity contribution in [3.05, 3.63) is 144 Å². The van der Waals surface area contributed by atoms with Crippen molar-refractivity contribution in [2.24, 2.45) is 11.8 Å². The van der Waals surface area contributed by atoms with Gasteiger partial charge in [-0.3, -0.25) is 9.59 Å². The van der Waals surface area contributed by atoms with Gasteiger partial charge in [0.2, 0.25) is 12.6 Å². The standard InChI is InChI=1S/C25H54O6Si3.C21H22O5.C15H20O3.C8H8O.C6H12O4.C5H10O5.CH4/c1-18(26)28-22-21(31-34(15,16)25(8,9)10)20(30-33(13,14)24(5,6)7)19(29-22)17-27-32(11,12)23(2,3)4;1-3-17-14(2)18(25-19(22)15-10-6-4-7-11-15)21(24-17)26-20(23)16-12-8-5-9-13-16;1-4-13-10(2)14(11(3)17-13)18-15(16)12-8-6-5-7-9-12;1-7(9)8-5-3-2-4-6-8;1-3-5(8)6(9)4(2-7)10-3;6-1-2-3(7)4(8)5(9)10-2;/h19-22H,17H2,1-16H3;4-14,17-18,21H,3H2,1-2H3;5-11,13-14H,4H2,1-3H3;2-6H,1H3;3-9H,2H2,1H3;2-9H,1H2;1H4/t19-,20-,21-,22?;14-,17-,18-,21?;10-,11+,13-,14-;;3-,4+,5-,6+;2-,3-,4-,5?;/m000.10./s1. The Morgan fingerprint density at radius 2 is 0.741 bits per heavy atom. The number of Topliss-reactive ketones (excluding diaryl/α,β-unsaturated/α-hetero) is 1. The van der Waals surface area contributed by atoms with Gasteiger partial charge in [-0.15, -0.1) is 0 Å². The lowest BCUT2D eigenvalue weighted by Crippen LogP contribution is -2.55. The van der Waals surface area contributed by atoms with Gasteiger partial charge in [0.05, 0.1) is 60.9 Å². The van der Waals surface area contributed by atoms with E-state index in [0.29, 0.717) is 23.3 Å². The van der Waals surface area contributed by atoms with Crippen LogP contribution in [0, 0.1) is 11.8 Å². The van der Waals surface area contributed by atoms with E-state index in [4.69, 9.17) is 86.9 Å². The SMILES string of the molecule is C.CC(=O)OC1O[C@@H](CO[Si](C)(C)C(C)(C)C)[C@H](O[Si](C)(C)C(C)(C)C)[C@@H]1O[Si](C)(C)C(C)(C)C.CC(=O)c1ccccc1.CC[C@@H]1OC(OC(=O)c2ccccc2)[C@@H](OC(=O)c2ccccc2)[C@H]1C.CC[C@@H]1O[C@H](C)[C@@H](OC(=O)c2ccccc2)[C@H]1C.C[C@H]1O[C@@H](CO)[C@H](O)[C@@H]1O.OC[C@@H]1OC(O)[C@@H](O)[C@H]1O. The molecule has 0 amide bonds. The van der Waals surface area contributed by atoms with Crippen molar-refractivity contribution in [3.63, 3.8) is 0 Å². The number of hydrogen-bond acceptors (Lipinski definition) is 24. The summed E-state index contributed by atoms with van der Waals surface area (Å²) in [5.74, 6) is -1.32. The third-order valence-electron chi connectivity index (χ3n) is 21.1. The van der Waals surface area contributed by atoms with Gasteiger partial charge in [-0.05, 0) is 124 Å². The zero-order valence-electron chi connectivity index (χ0n) is 67.2. The summed E-state index contributed by atoms with van der Waals surface area (Å²) < 4.78 is 70.4. The highest BCUT2D eigenvalue weighted by molar-refractivity contribution is 6.75. The molecule has 5 fully saturated rings. The lowest BCUT2D eigenvalue weighted by atomic mass is 9.97. The average molecular weight is 1570 g/mol. The van der Waals surface area contributed by atoms with Gasteiger partial charge in [-0.2, -0.15) is 0 Å². The smallest absolute Gasteiger partial charge is 0.340 e. The van der Waals surface area contributed by atoms with Crippen molar-refractivity contribution < 1.29 is 116 Å². The Bertz CT molecular complexity index is 3290. The van der Waals surface area contributed by atoms with E-state index in [1.807, 2.05) is 81.4 Å². The first-order valence-corrected chi connectivity index (χ1v) is 45.8. The van der Waals surface area contributed by atoms with Gasteiger partial charge in [-0.25, -0.2) is 14.4 Å². The van der Waals surface area contributed by atoms with Crippen molar-refractivity contribution in [2.45, 2.75) is 303 Å². The number of esters is 4. The molecule has 0 aliphatic carbocycles. The number of rotatable bonds is 19. The molecule has 0 spiro atoms. The quantitative estimate of drug-likeness (QED) is 0.0198. The minimum Gasteiger partial charge on any atom is -0.456 e. The van der Waals surface area contributed by atoms with Crippen LogP contribution in [0.3, 0.4) is 0 Å². The maximum Gasteiger partial charge on any atom is 0.340 e. The van der Waals surface area contributed by atoms with Gasteiger partial charge < -0.3 is 91.7 Å². The summed E-state index contributed by atoms with van der Waals surface area (Å²) in [7, 11) is -6.41. The third-order valence-corrected chi connectivity index (χ3v) is 34.5. The highest BCUT2D eigenvalue weighted by Crippen LogP contribution is 2.45. The Labute approximate surface area is 645 Å². The summed E-state index contributed by atoms with van der Waals surface area (Å²) in [5.41, 5.74) is 2.25. The zero-order valence-corrected chi connectivity index (χ0v) is 70.2. The summed E-state index contributed by atoms with van der Waals surface area (Å²) in [5, 5.41) is 61.8. The molecule has 5 saturated heterocycles. The Morgan fingerprint density at radius 1 is 0.398 bits per heavy atom. The Balaban J connectivity index is 0.000000359. The van der Waals surface area contributed by atoms with Crippen LogP contribution in [-0.4, -0.2) is 221 Å². The van der Waals surface area contributed by atoms with Crippen LogP contribution in [0.5, 0.6) is 0 Å². The second kappa shape index (κ2) is 42.9. The molecule has 3 unspecified atom stereocenters. The van der Waals surface area contributed by atoms with Gasteiger partial charge in [0.15, 0.2) is 43.1 Å². The van der Waals surface area contributed by atoms with Crippen LogP contribution >= 0.6 is 0 Å². The molecule has 5 aliphatic rings. The lowest BCUT2D eigenvalue weighted by molar-refractivity contribution is -0.185. The first-order valence-electron chi connectivity index (χ1n) is 37.1. The molecule has 0 radical (unpaired) electrons. The molecule has 4 aromatic carbocycles. The number of hydrogen-bond donors (Lipinski definition) is 7. The molecule has 0 saturated carbocycles. The van der Waals surface area contributed by atoms with E-state index in [9.17, 15) is 24.0 Å². The second-order valence-electron chi connectivity index (χ2n) is 32.3. The third kappa shape index (κ3) is 27.7. The highest BCUT2D eigenvalue weighted by atomic mass is 28.4. The van der Waals surface area contributed by atoms with Gasteiger partial charge in [0.1, 0.15) is 61.0 Å². The number of carbonyl (C=O) groups excluding carboxylic acids is 5. The average Bonchev–Trinajstić information content (AvgIpc) is 1.57. The van der Waals surface area contributed by atoms with Crippen LogP contribution in [0.15, 0.2) is 121 Å². The molecule has 9 rings (SSSR count). The fourth-order valence-electron chi connectivity index (χ4n) is 11.2. The van der Waals surface area contributed by atoms with Gasteiger partial charge in [-0.1, -0.05) is 182 Å². The summed E-state index contributed by atoms with van der Waals surface area (Å²) in [6.07, 6.45) is -9.64. The van der Waals surface area contributed by atoms with E-state index in [1.165, 1.54) is 6.92 Å². The Morgan fingerprint density at radius 3 is 1.06 bits per heavy atom. The molecule has 27 heteroatoms. The molecular weight excluding hydrogens is 1440 g/mol. The van der Waals surface area contributed by atoms with Crippen molar-refractivity contribution in [3.8, 4) is 0 Å². The molecular formula is C81H130O24Si3. The molecule has 108 heavy (non-hydrogen) atoms. The van der Waals surface area contributed by atoms with Crippen LogP contribution in [0.1, 0.15) is 179 Å². The van der Waals surface area contributed by atoms with Crippen molar-refractivity contribution in [1.82, 2.24) is 0 Å². The summed E-state index contributed by atoms with van der Waals surface area (Å²) >= 11 is 0. The maximum absolute atomic E-state index is 12.4. The normalized spacial score (nSPS) is 28.9. The highest BCUT2D eigenvalue weighted by Gasteiger charge is 2.56. The van der Waals surface area contributed by atoms with Crippen LogP contribution in [0.2, 0.25) is 54.4 Å². The first-order chi connectivity index (χ1) is 49.7. The number of benzene rings is 4. The molecule has 4 aromatic rings. The van der Waals surface area contributed by atoms with E-state index < -0.39 is 111 Å². The number of ketones is 1. The van der Waals surface area contributed by atoms with Gasteiger partial charge in [0, 0.05) is 24.3 Å². The van der Waals surface area contributed by atoms with Crippen molar-refractivity contribution in [1.29, 1.82) is 0 Å². The Kier molecular flexibility index (Phi) is 38.4. The predicted molar refractivity (Wildman–Crippen MR) is 419 cm³/mol. The molecule has 610 valence electrons. The zero-order chi connectivity index (χ0) is 80.9. The van der Waals surface area contributed by atoms with Gasteiger partial charge >= 0.3 is 23.9 Å². The fraction of sp³-hybridized carbons (Fsp3) is 0.642. The maximum atomic E-state index is 12.4. The molecule has 0 aromatic heterocycles. The first kappa shape index (κ1) is 96.7. The van der Waals surface area contributed by atoms with E-state index in [1.54, 1.807) is 74.5 Å². The van der Waals surface area contributed by atoms with Crippen LogP contribution in [0.4, 0.5) is 0 Å². The molecule has 20 atom stereocenters. The van der Waals surface area contributed by atoms with Crippen LogP contribution in [-0.2, 0) is 60.7 Å². The monoisotopic (exact) mass is 1570 g/mol. The number of ether oxygens (including phenoxy) is 9. The molecule has 7 N–H and O–H groups in total. The minimum atomic E-state index is -2.21. The topological polar surface area (TPSA) is 338 Å². The fourth-order valence-corrected chi connectivity index (χ4v) is 14.8. The van der Waals surface area contributed by atoms with E-state index >= 15 is 0 Å². The van der Waals surface area contributed by atoms with Crippen molar-refractivity contribution >= 4 is 54.6 Å². The summed E-state index contributed by atoms with van der Waals surface area (Å²) in [6, 6.07) is 35.7. The molecule has 24 nitrogen and oxygen atoms in total. The lowest BCUT2D eigenvalue weighted by Gasteiger charge is -2.44. The van der Waals surface area contributed by atoms with E-state index in [2.05, 4.69) is 120 Å².